The maximum atomic E-state index is 13.5. The third-order valence-electron chi connectivity index (χ3n) is 2.97. The molecule has 19 heavy (non-hydrogen) atoms. The fourth-order valence-electron chi connectivity index (χ4n) is 2.12. The van der Waals surface area contributed by atoms with Crippen molar-refractivity contribution in [2.45, 2.75) is 23.8 Å². The number of hydrogen-bond acceptors (Lipinski definition) is 3. The van der Waals surface area contributed by atoms with Crippen molar-refractivity contribution in [1.29, 1.82) is 0 Å². The molecule has 1 saturated heterocycles. The van der Waals surface area contributed by atoms with Crippen LogP contribution in [-0.4, -0.2) is 36.4 Å². The van der Waals surface area contributed by atoms with E-state index in [4.69, 9.17) is 5.11 Å². The number of carboxylic acid groups (broad SMARTS) is 1. The van der Waals surface area contributed by atoms with Crippen molar-refractivity contribution in [2.24, 2.45) is 0 Å². The summed E-state index contributed by atoms with van der Waals surface area (Å²) in [5, 5.41) is 8.94. The van der Waals surface area contributed by atoms with E-state index < -0.39 is 38.6 Å². The molecule has 1 aromatic carbocycles. The minimum absolute atomic E-state index is 0.0624. The predicted octanol–water partition coefficient (Wildman–Crippen LogP) is 1.20. The lowest BCUT2D eigenvalue weighted by molar-refractivity contribution is -0.140. The number of nitrogens with zero attached hydrogens (tertiary/aromatic N) is 1. The zero-order chi connectivity index (χ0) is 14.2. The van der Waals surface area contributed by atoms with Crippen LogP contribution in [0.3, 0.4) is 0 Å². The molecule has 8 heteroatoms. The molecule has 1 N–H and O–H groups in total. The molecule has 0 radical (unpaired) electrons. The maximum Gasteiger partial charge on any atom is 0.322 e. The third kappa shape index (κ3) is 2.33. The van der Waals surface area contributed by atoms with Gasteiger partial charge in [0.15, 0.2) is 4.90 Å². The van der Waals surface area contributed by atoms with E-state index in [-0.39, 0.29) is 13.0 Å². The molecule has 104 valence electrons. The SMILES string of the molecule is O=C(O)C1CCCN1S(=O)(=O)c1c(F)cccc1F. The molecule has 0 amide bonds. The number of halogens is 2. The Bertz CT molecular complexity index is 597. The lowest BCUT2D eigenvalue weighted by atomic mass is 10.2. The molecule has 1 aliphatic rings. The highest BCUT2D eigenvalue weighted by atomic mass is 32.2. The van der Waals surface area contributed by atoms with E-state index in [1.807, 2.05) is 0 Å². The van der Waals surface area contributed by atoms with Gasteiger partial charge in [-0.15, -0.1) is 0 Å². The first-order valence-corrected chi connectivity index (χ1v) is 6.98. The van der Waals surface area contributed by atoms with Crippen molar-refractivity contribution in [1.82, 2.24) is 4.31 Å². The van der Waals surface area contributed by atoms with Gasteiger partial charge in [0.1, 0.15) is 17.7 Å². The Morgan fingerprint density at radius 1 is 1.32 bits per heavy atom. The molecule has 5 nitrogen and oxygen atoms in total. The van der Waals surface area contributed by atoms with E-state index in [2.05, 4.69) is 0 Å². The predicted molar refractivity (Wildman–Crippen MR) is 60.9 cm³/mol. The average molecular weight is 291 g/mol. The fourth-order valence-corrected chi connectivity index (χ4v) is 3.88. The van der Waals surface area contributed by atoms with E-state index in [0.717, 1.165) is 18.2 Å². The van der Waals surface area contributed by atoms with Crippen LogP contribution in [-0.2, 0) is 14.8 Å². The normalized spacial score (nSPS) is 20.6. The van der Waals surface area contributed by atoms with E-state index in [1.165, 1.54) is 0 Å². The van der Waals surface area contributed by atoms with Crippen LogP contribution >= 0.6 is 0 Å². The number of rotatable bonds is 3. The highest BCUT2D eigenvalue weighted by Crippen LogP contribution is 2.29. The lowest BCUT2D eigenvalue weighted by Gasteiger charge is -2.21. The van der Waals surface area contributed by atoms with Crippen LogP contribution in [0, 0.1) is 11.6 Å². The molecular weight excluding hydrogens is 280 g/mol. The highest BCUT2D eigenvalue weighted by Gasteiger charge is 2.41. The van der Waals surface area contributed by atoms with Crippen molar-refractivity contribution in [3.05, 3.63) is 29.8 Å². The summed E-state index contributed by atoms with van der Waals surface area (Å²) in [6.07, 6.45) is 0.469. The Morgan fingerprint density at radius 2 is 1.89 bits per heavy atom. The topological polar surface area (TPSA) is 74.7 Å². The smallest absolute Gasteiger partial charge is 0.322 e. The largest absolute Gasteiger partial charge is 0.480 e. The van der Waals surface area contributed by atoms with Gasteiger partial charge in [-0.3, -0.25) is 4.79 Å². The second kappa shape index (κ2) is 4.86. The molecule has 0 spiro atoms. The Balaban J connectivity index is 2.51. The van der Waals surface area contributed by atoms with Gasteiger partial charge in [0, 0.05) is 6.54 Å². The van der Waals surface area contributed by atoms with Crippen LogP contribution in [0.1, 0.15) is 12.8 Å². The van der Waals surface area contributed by atoms with Gasteiger partial charge in [-0.2, -0.15) is 4.31 Å². The first-order valence-electron chi connectivity index (χ1n) is 5.54. The Kier molecular flexibility index (Phi) is 3.55. The van der Waals surface area contributed by atoms with E-state index in [0.29, 0.717) is 10.7 Å². The second-order valence-electron chi connectivity index (χ2n) is 4.16. The zero-order valence-corrected chi connectivity index (χ0v) is 10.5. The molecule has 0 aromatic heterocycles. The zero-order valence-electron chi connectivity index (χ0n) is 9.71. The summed E-state index contributed by atoms with van der Waals surface area (Å²) >= 11 is 0. The number of aliphatic carboxylic acids is 1. The standard InChI is InChI=1S/C11H11F2NO4S/c12-7-3-1-4-8(13)10(7)19(17,18)14-6-2-5-9(14)11(15)16/h1,3-4,9H,2,5-6H2,(H,15,16). The molecule has 1 atom stereocenters. The van der Waals surface area contributed by atoms with Crippen molar-refractivity contribution in [3.63, 3.8) is 0 Å². The first-order chi connectivity index (χ1) is 8.85. The number of benzene rings is 1. The minimum atomic E-state index is -4.49. The van der Waals surface area contributed by atoms with Gasteiger partial charge in [-0.25, -0.2) is 17.2 Å². The highest BCUT2D eigenvalue weighted by molar-refractivity contribution is 7.89. The molecule has 2 rings (SSSR count). The molecular formula is C11H11F2NO4S. The molecule has 1 fully saturated rings. The Hall–Kier alpha value is -1.54. The van der Waals surface area contributed by atoms with Crippen LogP contribution in [0.2, 0.25) is 0 Å². The molecule has 0 bridgehead atoms. The van der Waals surface area contributed by atoms with Gasteiger partial charge in [0.2, 0.25) is 10.0 Å². The summed E-state index contributed by atoms with van der Waals surface area (Å²) in [5.74, 6) is -3.77. The summed E-state index contributed by atoms with van der Waals surface area (Å²) in [5.41, 5.74) is 0. The summed E-state index contributed by atoms with van der Waals surface area (Å²) in [7, 11) is -4.49. The van der Waals surface area contributed by atoms with Crippen LogP contribution < -0.4 is 0 Å². The van der Waals surface area contributed by atoms with Gasteiger partial charge in [-0.05, 0) is 25.0 Å². The van der Waals surface area contributed by atoms with E-state index in [9.17, 15) is 22.0 Å². The van der Waals surface area contributed by atoms with Gasteiger partial charge >= 0.3 is 5.97 Å². The van der Waals surface area contributed by atoms with Gasteiger partial charge < -0.3 is 5.11 Å². The van der Waals surface area contributed by atoms with Crippen LogP contribution in [0.25, 0.3) is 0 Å². The minimum Gasteiger partial charge on any atom is -0.480 e. The van der Waals surface area contributed by atoms with Gasteiger partial charge in [-0.1, -0.05) is 6.07 Å². The Labute approximate surface area is 108 Å². The van der Waals surface area contributed by atoms with Gasteiger partial charge in [0.05, 0.1) is 0 Å². The summed E-state index contributed by atoms with van der Waals surface area (Å²) < 4.78 is 52.1. The maximum absolute atomic E-state index is 13.5. The summed E-state index contributed by atoms with van der Waals surface area (Å²) in [4.78, 5) is 9.87. The van der Waals surface area contributed by atoms with Crippen molar-refractivity contribution < 1.29 is 27.1 Å². The number of carbonyl (C=O) groups is 1. The van der Waals surface area contributed by atoms with Crippen molar-refractivity contribution in [3.8, 4) is 0 Å². The molecule has 1 heterocycles. The van der Waals surface area contributed by atoms with Crippen molar-refractivity contribution in [2.75, 3.05) is 6.54 Å². The fraction of sp³-hybridized carbons (Fsp3) is 0.364. The second-order valence-corrected chi connectivity index (χ2v) is 5.99. The molecule has 1 aromatic rings. The molecule has 1 aliphatic heterocycles. The van der Waals surface area contributed by atoms with Crippen LogP contribution in [0.4, 0.5) is 8.78 Å². The Morgan fingerprint density at radius 3 is 2.42 bits per heavy atom. The number of carboxylic acids is 1. The molecule has 0 aliphatic carbocycles. The molecule has 0 saturated carbocycles. The average Bonchev–Trinajstić information content (AvgIpc) is 2.77. The summed E-state index contributed by atoms with van der Waals surface area (Å²) in [6.45, 7) is -0.0624. The van der Waals surface area contributed by atoms with Crippen LogP contribution in [0.15, 0.2) is 23.1 Å². The summed E-state index contributed by atoms with van der Waals surface area (Å²) in [6, 6.07) is 1.41. The third-order valence-corrected chi connectivity index (χ3v) is 4.93. The number of sulfonamides is 1. The first kappa shape index (κ1) is 13.9. The monoisotopic (exact) mass is 291 g/mol. The van der Waals surface area contributed by atoms with Gasteiger partial charge in [0.25, 0.3) is 0 Å². The number of hydrogen-bond donors (Lipinski definition) is 1. The van der Waals surface area contributed by atoms with E-state index in [1.54, 1.807) is 0 Å². The van der Waals surface area contributed by atoms with Crippen LogP contribution in [0.5, 0.6) is 0 Å². The van der Waals surface area contributed by atoms with Crippen molar-refractivity contribution >= 4 is 16.0 Å². The van der Waals surface area contributed by atoms with E-state index >= 15 is 0 Å². The molecule has 1 unspecified atom stereocenters. The quantitative estimate of drug-likeness (QED) is 0.908. The lowest BCUT2D eigenvalue weighted by Crippen LogP contribution is -2.41.